The molecule has 1 unspecified atom stereocenters. The van der Waals surface area contributed by atoms with E-state index in [9.17, 15) is 4.79 Å². The summed E-state index contributed by atoms with van der Waals surface area (Å²) in [5.74, 6) is 1.00. The highest BCUT2D eigenvalue weighted by atomic mass is 32.1. The smallest absolute Gasteiger partial charge is 0.139 e. The van der Waals surface area contributed by atoms with E-state index in [0.717, 1.165) is 35.8 Å². The second-order valence-corrected chi connectivity index (χ2v) is 6.55. The molecule has 2 heterocycles. The Balaban J connectivity index is 1.53. The van der Waals surface area contributed by atoms with Crippen molar-refractivity contribution >= 4 is 17.1 Å². The molecular formula is C17H20N2OS. The van der Waals surface area contributed by atoms with Crippen LogP contribution in [-0.2, 0) is 11.2 Å². The highest BCUT2D eigenvalue weighted by Gasteiger charge is 2.16. The van der Waals surface area contributed by atoms with Crippen LogP contribution in [0.2, 0.25) is 0 Å². The van der Waals surface area contributed by atoms with Crippen molar-refractivity contribution in [2.45, 2.75) is 25.7 Å². The normalized spacial score (nSPS) is 18.0. The highest BCUT2D eigenvalue weighted by molar-refractivity contribution is 7.10. The summed E-state index contributed by atoms with van der Waals surface area (Å²) in [6.45, 7) is 2.18. The van der Waals surface area contributed by atoms with Gasteiger partial charge in [0.1, 0.15) is 10.8 Å². The number of thiazole rings is 1. The molecule has 1 aromatic heterocycles. The first-order valence-corrected chi connectivity index (χ1v) is 8.41. The zero-order valence-electron chi connectivity index (χ0n) is 12.0. The summed E-state index contributed by atoms with van der Waals surface area (Å²) in [7, 11) is 0. The van der Waals surface area contributed by atoms with Crippen LogP contribution in [0.5, 0.6) is 0 Å². The summed E-state index contributed by atoms with van der Waals surface area (Å²) < 4.78 is 0. The Morgan fingerprint density at radius 1 is 1.33 bits per heavy atom. The number of Topliss-reactive ketones (excluding diaryl/α,β-unsaturated/α-hetero) is 1. The molecule has 3 rings (SSSR count). The average molecular weight is 300 g/mol. The molecule has 1 aromatic carbocycles. The van der Waals surface area contributed by atoms with E-state index in [4.69, 9.17) is 0 Å². The van der Waals surface area contributed by atoms with Crippen molar-refractivity contribution in [3.05, 3.63) is 40.7 Å². The van der Waals surface area contributed by atoms with Crippen LogP contribution in [0, 0.1) is 5.92 Å². The van der Waals surface area contributed by atoms with Crippen LogP contribution < -0.4 is 5.32 Å². The number of ketones is 1. The Bertz CT molecular complexity index is 588. The summed E-state index contributed by atoms with van der Waals surface area (Å²) in [4.78, 5) is 16.6. The van der Waals surface area contributed by atoms with E-state index in [0.29, 0.717) is 24.5 Å². The van der Waals surface area contributed by atoms with E-state index >= 15 is 0 Å². The van der Waals surface area contributed by atoms with Gasteiger partial charge in [-0.15, -0.1) is 11.3 Å². The van der Waals surface area contributed by atoms with Gasteiger partial charge in [-0.1, -0.05) is 30.3 Å². The summed E-state index contributed by atoms with van der Waals surface area (Å²) >= 11 is 1.59. The van der Waals surface area contributed by atoms with Crippen molar-refractivity contribution in [2.24, 2.45) is 5.92 Å². The molecule has 3 nitrogen and oxygen atoms in total. The van der Waals surface area contributed by atoms with Gasteiger partial charge in [0.15, 0.2) is 0 Å². The minimum atomic E-state index is 0.316. The second kappa shape index (κ2) is 6.96. The van der Waals surface area contributed by atoms with E-state index in [1.54, 1.807) is 11.3 Å². The first-order chi connectivity index (χ1) is 10.3. The topological polar surface area (TPSA) is 42.0 Å². The lowest BCUT2D eigenvalue weighted by Gasteiger charge is -2.06. The third-order valence-corrected chi connectivity index (χ3v) is 4.81. The Hall–Kier alpha value is -1.52. The van der Waals surface area contributed by atoms with Gasteiger partial charge < -0.3 is 5.32 Å². The molecule has 0 bridgehead atoms. The number of aromatic nitrogens is 1. The van der Waals surface area contributed by atoms with E-state index in [1.165, 1.54) is 6.42 Å². The monoisotopic (exact) mass is 300 g/mol. The summed E-state index contributed by atoms with van der Waals surface area (Å²) in [6, 6.07) is 10.1. The van der Waals surface area contributed by atoms with Crippen molar-refractivity contribution in [3.63, 3.8) is 0 Å². The van der Waals surface area contributed by atoms with Crippen LogP contribution in [0.4, 0.5) is 0 Å². The maximum Gasteiger partial charge on any atom is 0.139 e. The molecule has 1 saturated heterocycles. The number of hydrogen-bond donors (Lipinski definition) is 1. The predicted molar refractivity (Wildman–Crippen MR) is 86.5 cm³/mol. The number of benzene rings is 1. The maximum atomic E-state index is 12.1. The summed E-state index contributed by atoms with van der Waals surface area (Å²) in [6.07, 6.45) is 3.40. The molecule has 1 atom stereocenters. The quantitative estimate of drug-likeness (QED) is 0.890. The molecule has 0 spiro atoms. The van der Waals surface area contributed by atoms with Gasteiger partial charge in [0.25, 0.3) is 0 Å². The molecule has 1 aliphatic heterocycles. The Morgan fingerprint density at radius 2 is 2.19 bits per heavy atom. The van der Waals surface area contributed by atoms with E-state index in [1.807, 2.05) is 35.7 Å². The molecule has 1 fully saturated rings. The SMILES string of the molecule is O=C(CCC1CCNC1)Cc1nc(-c2ccccc2)cs1. The predicted octanol–water partition coefficient (Wildman–Crippen LogP) is 3.31. The standard InChI is InChI=1S/C17H20N2OS/c20-15(7-6-13-8-9-18-11-13)10-17-19-16(12-21-17)14-4-2-1-3-5-14/h1-5,12-13,18H,6-11H2. The second-order valence-electron chi connectivity index (χ2n) is 5.61. The molecule has 1 N–H and O–H groups in total. The number of nitrogens with one attached hydrogen (secondary N) is 1. The van der Waals surface area contributed by atoms with E-state index < -0.39 is 0 Å². The third-order valence-electron chi connectivity index (χ3n) is 3.96. The first-order valence-electron chi connectivity index (χ1n) is 7.53. The van der Waals surface area contributed by atoms with Gasteiger partial charge >= 0.3 is 0 Å². The number of rotatable bonds is 6. The average Bonchev–Trinajstić information content (AvgIpc) is 3.17. The highest BCUT2D eigenvalue weighted by Crippen LogP contribution is 2.22. The van der Waals surface area contributed by atoms with Crippen LogP contribution in [0.25, 0.3) is 11.3 Å². The van der Waals surface area contributed by atoms with Crippen LogP contribution in [-0.4, -0.2) is 23.9 Å². The lowest BCUT2D eigenvalue weighted by molar-refractivity contribution is -0.118. The van der Waals surface area contributed by atoms with Gasteiger partial charge in [0.05, 0.1) is 12.1 Å². The largest absolute Gasteiger partial charge is 0.316 e. The van der Waals surface area contributed by atoms with Crippen molar-refractivity contribution in [3.8, 4) is 11.3 Å². The molecule has 0 aliphatic carbocycles. The van der Waals surface area contributed by atoms with Crippen molar-refractivity contribution in [1.82, 2.24) is 10.3 Å². The van der Waals surface area contributed by atoms with Crippen LogP contribution >= 0.6 is 11.3 Å². The maximum absolute atomic E-state index is 12.1. The van der Waals surface area contributed by atoms with Crippen LogP contribution in [0.1, 0.15) is 24.3 Å². The molecule has 0 amide bonds. The van der Waals surface area contributed by atoms with Gasteiger partial charge in [0, 0.05) is 17.4 Å². The Morgan fingerprint density at radius 3 is 2.95 bits per heavy atom. The van der Waals surface area contributed by atoms with E-state index in [2.05, 4.69) is 10.3 Å². The molecule has 0 radical (unpaired) electrons. The van der Waals surface area contributed by atoms with Crippen LogP contribution in [0.15, 0.2) is 35.7 Å². The molecule has 2 aromatic rings. The van der Waals surface area contributed by atoms with Gasteiger partial charge in [-0.25, -0.2) is 4.98 Å². The molecular weight excluding hydrogens is 280 g/mol. The lowest BCUT2D eigenvalue weighted by atomic mass is 10.00. The summed E-state index contributed by atoms with van der Waals surface area (Å²) in [5, 5.41) is 6.32. The van der Waals surface area contributed by atoms with Crippen molar-refractivity contribution in [2.75, 3.05) is 13.1 Å². The fraction of sp³-hybridized carbons (Fsp3) is 0.412. The number of carbonyl (C=O) groups is 1. The van der Waals surface area contributed by atoms with Gasteiger partial charge in [-0.2, -0.15) is 0 Å². The van der Waals surface area contributed by atoms with E-state index in [-0.39, 0.29) is 0 Å². The molecule has 110 valence electrons. The van der Waals surface area contributed by atoms with Crippen LogP contribution in [0.3, 0.4) is 0 Å². The molecule has 1 aliphatic rings. The first kappa shape index (κ1) is 14.4. The third kappa shape index (κ3) is 3.99. The van der Waals surface area contributed by atoms with Crippen molar-refractivity contribution < 1.29 is 4.79 Å². The van der Waals surface area contributed by atoms with Gasteiger partial charge in [-0.3, -0.25) is 4.79 Å². The minimum absolute atomic E-state index is 0.316. The van der Waals surface area contributed by atoms with Gasteiger partial charge in [0.2, 0.25) is 0 Å². The molecule has 21 heavy (non-hydrogen) atoms. The minimum Gasteiger partial charge on any atom is -0.316 e. The van der Waals surface area contributed by atoms with Crippen molar-refractivity contribution in [1.29, 1.82) is 0 Å². The lowest BCUT2D eigenvalue weighted by Crippen LogP contribution is -2.11. The summed E-state index contributed by atoms with van der Waals surface area (Å²) in [5.41, 5.74) is 2.09. The number of carbonyl (C=O) groups excluding carboxylic acids is 1. The Labute approximate surface area is 129 Å². The molecule has 0 saturated carbocycles. The zero-order chi connectivity index (χ0) is 14.5. The Kier molecular flexibility index (Phi) is 4.78. The fourth-order valence-electron chi connectivity index (χ4n) is 2.72. The molecule has 4 heteroatoms. The number of nitrogens with zero attached hydrogens (tertiary/aromatic N) is 1. The zero-order valence-corrected chi connectivity index (χ0v) is 12.9. The number of hydrogen-bond acceptors (Lipinski definition) is 4. The fourth-order valence-corrected chi connectivity index (χ4v) is 3.55. The van der Waals surface area contributed by atoms with Gasteiger partial charge in [-0.05, 0) is 31.8 Å².